The third kappa shape index (κ3) is 4.79. The smallest absolute Gasteiger partial charge is 0.307 e. The van der Waals surface area contributed by atoms with Gasteiger partial charge >= 0.3 is 5.97 Å². The minimum Gasteiger partial charge on any atom is -0.493 e. The van der Waals surface area contributed by atoms with Crippen molar-refractivity contribution in [1.29, 1.82) is 0 Å². The Kier molecular flexibility index (Phi) is 6.93. The number of carbonyl (C=O) groups is 1. The van der Waals surface area contributed by atoms with Crippen molar-refractivity contribution in [3.05, 3.63) is 47.8 Å². The summed E-state index contributed by atoms with van der Waals surface area (Å²) in [5, 5.41) is 9.54. The molecular weight excluding hydrogens is 372 g/mol. The molecule has 1 fully saturated rings. The first kappa shape index (κ1) is 20.9. The van der Waals surface area contributed by atoms with E-state index in [1.807, 2.05) is 30.3 Å². The van der Waals surface area contributed by atoms with Crippen LogP contribution in [0.3, 0.4) is 0 Å². The quantitative estimate of drug-likeness (QED) is 0.729. The zero-order valence-electron chi connectivity index (χ0n) is 17.1. The summed E-state index contributed by atoms with van der Waals surface area (Å²) in [6, 6.07) is 9.67. The minimum absolute atomic E-state index is 0.0549. The van der Waals surface area contributed by atoms with Gasteiger partial charge < -0.3 is 19.3 Å². The van der Waals surface area contributed by atoms with Crippen molar-refractivity contribution in [2.24, 2.45) is 5.92 Å². The van der Waals surface area contributed by atoms with Crippen molar-refractivity contribution in [2.75, 3.05) is 34.4 Å². The molecule has 1 saturated heterocycles. The molecule has 2 aromatic rings. The molecule has 2 atom stereocenters. The number of hydrogen-bond acceptors (Lipinski definition) is 6. The van der Waals surface area contributed by atoms with Crippen molar-refractivity contribution in [2.45, 2.75) is 25.3 Å². The molecule has 3 rings (SSSR count). The molecule has 7 heteroatoms. The standard InChI is InChI=1S/C22H28N2O5/c1-27-19-11-16(12-20(28-2)21(19)29-3)18(13-17-8-4-5-9-23-17)24-10-6-7-15(14-24)22(25)26/h4-5,8-9,11-12,15,18H,6-7,10,13-14H2,1-3H3,(H,25,26). The predicted octanol–water partition coefficient (Wildman–Crippen LogP) is 3.19. The van der Waals surface area contributed by atoms with Crippen LogP contribution in [-0.2, 0) is 11.2 Å². The molecule has 7 nitrogen and oxygen atoms in total. The number of methoxy groups -OCH3 is 3. The molecule has 29 heavy (non-hydrogen) atoms. The molecule has 0 bridgehead atoms. The number of aromatic nitrogens is 1. The first-order chi connectivity index (χ1) is 14.1. The van der Waals surface area contributed by atoms with Gasteiger partial charge in [-0.25, -0.2) is 0 Å². The van der Waals surface area contributed by atoms with Gasteiger partial charge in [-0.05, 0) is 49.2 Å². The summed E-state index contributed by atoms with van der Waals surface area (Å²) < 4.78 is 16.5. The number of aliphatic carboxylic acids is 1. The van der Waals surface area contributed by atoms with Crippen molar-refractivity contribution in [1.82, 2.24) is 9.88 Å². The van der Waals surface area contributed by atoms with Crippen LogP contribution in [0.2, 0.25) is 0 Å². The average Bonchev–Trinajstić information content (AvgIpc) is 2.77. The topological polar surface area (TPSA) is 81.1 Å². The number of piperidine rings is 1. The summed E-state index contributed by atoms with van der Waals surface area (Å²) in [4.78, 5) is 18.3. The van der Waals surface area contributed by atoms with E-state index in [2.05, 4.69) is 9.88 Å². The number of likely N-dealkylation sites (tertiary alicyclic amines) is 1. The number of benzene rings is 1. The van der Waals surface area contributed by atoms with Crippen LogP contribution in [0.5, 0.6) is 17.2 Å². The molecule has 156 valence electrons. The van der Waals surface area contributed by atoms with Crippen molar-refractivity contribution in [3.8, 4) is 17.2 Å². The van der Waals surface area contributed by atoms with Crippen molar-refractivity contribution < 1.29 is 24.1 Å². The molecule has 0 radical (unpaired) electrons. The van der Waals surface area contributed by atoms with E-state index in [1.54, 1.807) is 27.5 Å². The van der Waals surface area contributed by atoms with Crippen LogP contribution >= 0.6 is 0 Å². The second kappa shape index (κ2) is 9.60. The first-order valence-corrected chi connectivity index (χ1v) is 9.74. The van der Waals surface area contributed by atoms with E-state index in [0.717, 1.165) is 24.2 Å². The fourth-order valence-corrected chi connectivity index (χ4v) is 3.96. The Morgan fingerprint density at radius 3 is 2.48 bits per heavy atom. The molecule has 0 amide bonds. The summed E-state index contributed by atoms with van der Waals surface area (Å²) >= 11 is 0. The molecule has 0 spiro atoms. The highest BCUT2D eigenvalue weighted by Crippen LogP contribution is 2.42. The van der Waals surface area contributed by atoms with E-state index in [1.165, 1.54) is 0 Å². The van der Waals surface area contributed by atoms with Gasteiger partial charge in [-0.3, -0.25) is 14.7 Å². The lowest BCUT2D eigenvalue weighted by Crippen LogP contribution is -2.41. The third-order valence-electron chi connectivity index (χ3n) is 5.44. The van der Waals surface area contributed by atoms with Gasteiger partial charge in [0.15, 0.2) is 11.5 Å². The normalized spacial score (nSPS) is 18.1. The van der Waals surface area contributed by atoms with Gasteiger partial charge in [-0.1, -0.05) is 6.07 Å². The molecule has 1 aromatic carbocycles. The van der Waals surface area contributed by atoms with Gasteiger partial charge in [0, 0.05) is 30.9 Å². The fraction of sp³-hybridized carbons (Fsp3) is 0.455. The van der Waals surface area contributed by atoms with Gasteiger partial charge in [0.25, 0.3) is 0 Å². The number of nitrogens with zero attached hydrogens (tertiary/aromatic N) is 2. The van der Waals surface area contributed by atoms with E-state index >= 15 is 0 Å². The van der Waals surface area contributed by atoms with Crippen LogP contribution in [-0.4, -0.2) is 55.4 Å². The van der Waals surface area contributed by atoms with E-state index in [0.29, 0.717) is 36.6 Å². The van der Waals surface area contributed by atoms with Crippen LogP contribution in [0.25, 0.3) is 0 Å². The number of hydrogen-bond donors (Lipinski definition) is 1. The highest BCUT2D eigenvalue weighted by Gasteiger charge is 2.31. The zero-order valence-corrected chi connectivity index (χ0v) is 17.1. The molecule has 1 aliphatic rings. The van der Waals surface area contributed by atoms with Gasteiger partial charge in [0.1, 0.15) is 0 Å². The molecular formula is C22H28N2O5. The maximum atomic E-state index is 11.6. The molecule has 0 saturated carbocycles. The summed E-state index contributed by atoms with van der Waals surface area (Å²) in [5.74, 6) is 0.602. The van der Waals surface area contributed by atoms with Crippen LogP contribution in [0.4, 0.5) is 0 Å². The van der Waals surface area contributed by atoms with E-state index in [4.69, 9.17) is 14.2 Å². The van der Waals surface area contributed by atoms with Crippen LogP contribution < -0.4 is 14.2 Å². The Balaban J connectivity index is 2.01. The molecule has 2 heterocycles. The van der Waals surface area contributed by atoms with Gasteiger partial charge in [0.2, 0.25) is 5.75 Å². The van der Waals surface area contributed by atoms with Crippen LogP contribution in [0.1, 0.15) is 30.1 Å². The lowest BCUT2D eigenvalue weighted by Gasteiger charge is -2.37. The largest absolute Gasteiger partial charge is 0.493 e. The molecule has 2 unspecified atom stereocenters. The van der Waals surface area contributed by atoms with E-state index in [9.17, 15) is 9.90 Å². The number of ether oxygens (including phenoxy) is 3. The van der Waals surface area contributed by atoms with Gasteiger partial charge in [0.05, 0.1) is 27.2 Å². The highest BCUT2D eigenvalue weighted by atomic mass is 16.5. The average molecular weight is 400 g/mol. The maximum Gasteiger partial charge on any atom is 0.307 e. The van der Waals surface area contributed by atoms with E-state index in [-0.39, 0.29) is 12.0 Å². The Labute approximate surface area is 171 Å². The van der Waals surface area contributed by atoms with Gasteiger partial charge in [-0.15, -0.1) is 0 Å². The first-order valence-electron chi connectivity index (χ1n) is 9.74. The second-order valence-electron chi connectivity index (χ2n) is 7.17. The SMILES string of the molecule is COc1cc(C(Cc2ccccn2)N2CCCC(C(=O)O)C2)cc(OC)c1OC. The van der Waals surface area contributed by atoms with Crippen molar-refractivity contribution >= 4 is 5.97 Å². The molecule has 1 aromatic heterocycles. The molecule has 1 aliphatic heterocycles. The summed E-state index contributed by atoms with van der Waals surface area (Å²) in [6.45, 7) is 1.33. The molecule has 0 aliphatic carbocycles. The lowest BCUT2D eigenvalue weighted by atomic mass is 9.92. The minimum atomic E-state index is -0.740. The molecule has 1 N–H and O–H groups in total. The fourth-order valence-electron chi connectivity index (χ4n) is 3.96. The maximum absolute atomic E-state index is 11.6. The summed E-state index contributed by atoms with van der Waals surface area (Å²) in [5.41, 5.74) is 1.93. The van der Waals surface area contributed by atoms with E-state index < -0.39 is 5.97 Å². The van der Waals surface area contributed by atoms with Crippen molar-refractivity contribution in [3.63, 3.8) is 0 Å². The number of rotatable bonds is 8. The Bertz CT molecular complexity index is 802. The Hall–Kier alpha value is -2.80. The lowest BCUT2D eigenvalue weighted by molar-refractivity contribution is -0.144. The number of carboxylic acids is 1. The zero-order chi connectivity index (χ0) is 20.8. The summed E-state index contributed by atoms with van der Waals surface area (Å²) in [7, 11) is 4.76. The van der Waals surface area contributed by atoms with Crippen LogP contribution in [0.15, 0.2) is 36.5 Å². The monoisotopic (exact) mass is 400 g/mol. The number of carboxylic acid groups (broad SMARTS) is 1. The Morgan fingerprint density at radius 2 is 1.93 bits per heavy atom. The highest BCUT2D eigenvalue weighted by molar-refractivity contribution is 5.70. The van der Waals surface area contributed by atoms with Crippen LogP contribution in [0, 0.1) is 5.92 Å². The number of pyridine rings is 1. The predicted molar refractivity (Wildman–Crippen MR) is 109 cm³/mol. The third-order valence-corrected chi connectivity index (χ3v) is 5.44. The summed E-state index contributed by atoms with van der Waals surface area (Å²) in [6.07, 6.45) is 3.99. The second-order valence-corrected chi connectivity index (χ2v) is 7.17. The Morgan fingerprint density at radius 1 is 1.21 bits per heavy atom. The van der Waals surface area contributed by atoms with Gasteiger partial charge in [-0.2, -0.15) is 0 Å².